The highest BCUT2D eigenvalue weighted by Crippen LogP contribution is 2.32. The minimum Gasteiger partial charge on any atom is -0.253 e. The number of anilines is 1. The van der Waals surface area contributed by atoms with E-state index >= 15 is 0 Å². The van der Waals surface area contributed by atoms with E-state index in [1.807, 2.05) is 17.5 Å². The van der Waals surface area contributed by atoms with E-state index in [-0.39, 0.29) is 0 Å². The van der Waals surface area contributed by atoms with E-state index in [0.717, 1.165) is 29.2 Å². The van der Waals surface area contributed by atoms with Gasteiger partial charge in [-0.05, 0) is 43.9 Å². The zero-order valence-corrected chi connectivity index (χ0v) is 15.1. The molecule has 1 saturated carbocycles. The lowest BCUT2D eigenvalue weighted by Crippen LogP contribution is -2.05. The molecule has 0 saturated heterocycles. The van der Waals surface area contributed by atoms with Crippen molar-refractivity contribution in [3.05, 3.63) is 33.6 Å². The lowest BCUT2D eigenvalue weighted by Gasteiger charge is -2.10. The number of hydrogen-bond acceptors (Lipinski definition) is 4. The van der Waals surface area contributed by atoms with Crippen LogP contribution in [-0.2, 0) is 0 Å². The van der Waals surface area contributed by atoms with Crippen molar-refractivity contribution in [2.45, 2.75) is 44.9 Å². The summed E-state index contributed by atoms with van der Waals surface area (Å²) in [6.07, 6.45) is 8.65. The first-order valence-electron chi connectivity index (χ1n) is 7.95. The van der Waals surface area contributed by atoms with Gasteiger partial charge < -0.3 is 0 Å². The van der Waals surface area contributed by atoms with Gasteiger partial charge in [-0.1, -0.05) is 42.5 Å². The van der Waals surface area contributed by atoms with Gasteiger partial charge in [0.25, 0.3) is 0 Å². The van der Waals surface area contributed by atoms with Crippen LogP contribution in [0, 0.1) is 0 Å². The van der Waals surface area contributed by atoms with E-state index in [0.29, 0.717) is 10.0 Å². The number of hydrazone groups is 1. The molecule has 3 nitrogen and oxygen atoms in total. The minimum atomic E-state index is 0.612. The maximum Gasteiger partial charge on any atom is 0.203 e. The Labute approximate surface area is 150 Å². The Hall–Kier alpha value is -1.10. The van der Waals surface area contributed by atoms with E-state index in [4.69, 9.17) is 23.2 Å². The van der Waals surface area contributed by atoms with Crippen molar-refractivity contribution in [1.82, 2.24) is 4.98 Å². The van der Waals surface area contributed by atoms with Crippen molar-refractivity contribution in [3.63, 3.8) is 0 Å². The summed E-state index contributed by atoms with van der Waals surface area (Å²) in [7, 11) is 0. The molecular weight excluding hydrogens is 349 g/mol. The number of thiazole rings is 1. The minimum absolute atomic E-state index is 0.612. The van der Waals surface area contributed by atoms with Gasteiger partial charge in [-0.15, -0.1) is 11.3 Å². The number of nitrogens with zero attached hydrogens (tertiary/aromatic N) is 2. The predicted molar refractivity (Wildman–Crippen MR) is 101 cm³/mol. The van der Waals surface area contributed by atoms with Crippen LogP contribution in [0.5, 0.6) is 0 Å². The van der Waals surface area contributed by atoms with E-state index in [1.165, 1.54) is 49.2 Å². The van der Waals surface area contributed by atoms with Gasteiger partial charge in [0, 0.05) is 21.7 Å². The molecule has 3 rings (SSSR count). The third kappa shape index (κ3) is 4.69. The summed E-state index contributed by atoms with van der Waals surface area (Å²) in [4.78, 5) is 4.57. The molecule has 1 heterocycles. The Bertz CT molecular complexity index is 687. The van der Waals surface area contributed by atoms with Crippen molar-refractivity contribution in [3.8, 4) is 11.3 Å². The van der Waals surface area contributed by atoms with Crippen LogP contribution >= 0.6 is 34.5 Å². The SMILES string of the molecule is Clc1ccc(-c2csc(NN=C3CCCCCCC3)n2)c(Cl)c1. The Morgan fingerprint density at radius 3 is 2.52 bits per heavy atom. The molecular formula is C17H19Cl2N3S. The normalized spacial score (nSPS) is 15.8. The van der Waals surface area contributed by atoms with Gasteiger partial charge in [-0.2, -0.15) is 5.10 Å². The molecule has 1 fully saturated rings. The van der Waals surface area contributed by atoms with Crippen molar-refractivity contribution in [2.75, 3.05) is 5.43 Å². The number of aromatic nitrogens is 1. The summed E-state index contributed by atoms with van der Waals surface area (Å²) in [5.74, 6) is 0. The molecule has 1 N–H and O–H groups in total. The molecule has 1 aliphatic carbocycles. The number of hydrogen-bond donors (Lipinski definition) is 1. The molecule has 0 atom stereocenters. The Kier molecular flexibility index (Phi) is 5.92. The molecule has 0 spiro atoms. The second-order valence-electron chi connectivity index (χ2n) is 5.72. The molecule has 6 heteroatoms. The van der Waals surface area contributed by atoms with Gasteiger partial charge in [0.05, 0.1) is 10.7 Å². The quantitative estimate of drug-likeness (QED) is 0.618. The molecule has 122 valence electrons. The van der Waals surface area contributed by atoms with E-state index < -0.39 is 0 Å². The van der Waals surface area contributed by atoms with Crippen LogP contribution in [0.15, 0.2) is 28.7 Å². The fourth-order valence-electron chi connectivity index (χ4n) is 2.70. The summed E-state index contributed by atoms with van der Waals surface area (Å²) >= 11 is 13.7. The average Bonchev–Trinajstić information content (AvgIpc) is 2.94. The molecule has 1 aromatic heterocycles. The van der Waals surface area contributed by atoms with Crippen LogP contribution in [0.3, 0.4) is 0 Å². The fraction of sp³-hybridized carbons (Fsp3) is 0.412. The summed E-state index contributed by atoms with van der Waals surface area (Å²) in [5, 5.41) is 8.57. The topological polar surface area (TPSA) is 37.3 Å². The molecule has 0 radical (unpaired) electrons. The standard InChI is InChI=1S/C17H19Cl2N3S/c18-12-8-9-14(15(19)10-12)16-11-23-17(20-16)22-21-13-6-4-2-1-3-5-7-13/h8-11H,1-7H2,(H,20,22). The summed E-state index contributed by atoms with van der Waals surface area (Å²) in [6.45, 7) is 0. The van der Waals surface area contributed by atoms with E-state index in [9.17, 15) is 0 Å². The fourth-order valence-corrected chi connectivity index (χ4v) is 3.86. The van der Waals surface area contributed by atoms with Gasteiger partial charge in [0.1, 0.15) is 0 Å². The molecule has 23 heavy (non-hydrogen) atoms. The van der Waals surface area contributed by atoms with Crippen LogP contribution in [0.1, 0.15) is 44.9 Å². The summed E-state index contributed by atoms with van der Waals surface area (Å²) < 4.78 is 0. The zero-order valence-electron chi connectivity index (χ0n) is 12.8. The van der Waals surface area contributed by atoms with Crippen molar-refractivity contribution in [1.29, 1.82) is 0 Å². The van der Waals surface area contributed by atoms with Gasteiger partial charge in [0.2, 0.25) is 5.13 Å². The average molecular weight is 368 g/mol. The maximum absolute atomic E-state index is 6.24. The van der Waals surface area contributed by atoms with Crippen LogP contribution in [0.2, 0.25) is 10.0 Å². The first kappa shape index (κ1) is 16.7. The second-order valence-corrected chi connectivity index (χ2v) is 7.42. The highest BCUT2D eigenvalue weighted by molar-refractivity contribution is 7.14. The maximum atomic E-state index is 6.24. The lowest BCUT2D eigenvalue weighted by atomic mass is 9.99. The Morgan fingerprint density at radius 1 is 1.04 bits per heavy atom. The molecule has 0 unspecified atom stereocenters. The number of rotatable bonds is 3. The van der Waals surface area contributed by atoms with Crippen LogP contribution in [0.4, 0.5) is 5.13 Å². The number of halogens is 2. The smallest absolute Gasteiger partial charge is 0.203 e. The van der Waals surface area contributed by atoms with Crippen molar-refractivity contribution >= 4 is 45.4 Å². The summed E-state index contributed by atoms with van der Waals surface area (Å²) in [5.41, 5.74) is 6.10. The second kappa shape index (κ2) is 8.13. The molecule has 0 bridgehead atoms. The molecule has 1 aromatic carbocycles. The monoisotopic (exact) mass is 367 g/mol. The number of nitrogens with one attached hydrogen (secondary N) is 1. The van der Waals surface area contributed by atoms with Crippen molar-refractivity contribution in [2.24, 2.45) is 5.10 Å². The predicted octanol–water partition coefficient (Wildman–Crippen LogP) is 6.63. The van der Waals surface area contributed by atoms with E-state index in [1.54, 1.807) is 6.07 Å². The zero-order chi connectivity index (χ0) is 16.1. The van der Waals surface area contributed by atoms with E-state index in [2.05, 4.69) is 15.5 Å². The molecule has 0 amide bonds. The third-order valence-electron chi connectivity index (χ3n) is 3.95. The van der Waals surface area contributed by atoms with Crippen LogP contribution in [-0.4, -0.2) is 10.7 Å². The Balaban J connectivity index is 1.69. The highest BCUT2D eigenvalue weighted by Gasteiger charge is 2.09. The van der Waals surface area contributed by atoms with Gasteiger partial charge in [-0.3, -0.25) is 5.43 Å². The molecule has 0 aliphatic heterocycles. The van der Waals surface area contributed by atoms with Crippen LogP contribution < -0.4 is 5.43 Å². The third-order valence-corrected chi connectivity index (χ3v) is 5.25. The first-order chi connectivity index (χ1) is 11.2. The first-order valence-corrected chi connectivity index (χ1v) is 9.58. The Morgan fingerprint density at radius 2 is 1.78 bits per heavy atom. The van der Waals surface area contributed by atoms with Gasteiger partial charge >= 0.3 is 0 Å². The highest BCUT2D eigenvalue weighted by atomic mass is 35.5. The largest absolute Gasteiger partial charge is 0.253 e. The van der Waals surface area contributed by atoms with Crippen molar-refractivity contribution < 1.29 is 0 Å². The van der Waals surface area contributed by atoms with Crippen LogP contribution in [0.25, 0.3) is 11.3 Å². The lowest BCUT2D eigenvalue weighted by molar-refractivity contribution is 0.606. The number of benzene rings is 1. The van der Waals surface area contributed by atoms with Gasteiger partial charge in [-0.25, -0.2) is 4.98 Å². The summed E-state index contributed by atoms with van der Waals surface area (Å²) in [6, 6.07) is 5.45. The molecule has 2 aromatic rings. The van der Waals surface area contributed by atoms with Gasteiger partial charge in [0.15, 0.2) is 0 Å². The molecule has 1 aliphatic rings.